The first-order valence-corrected chi connectivity index (χ1v) is 11.8. The molecule has 33 heavy (non-hydrogen) atoms. The molecule has 0 aliphatic heterocycles. The molecule has 5 rings (SSSR count). The van der Waals surface area contributed by atoms with Crippen LogP contribution in [0, 0.1) is 0 Å². The van der Waals surface area contributed by atoms with Crippen LogP contribution in [0.3, 0.4) is 0 Å². The van der Waals surface area contributed by atoms with Gasteiger partial charge in [-0.1, -0.05) is 6.07 Å². The highest BCUT2D eigenvalue weighted by Gasteiger charge is 2.18. The van der Waals surface area contributed by atoms with E-state index in [0.717, 1.165) is 27.2 Å². The molecule has 0 saturated heterocycles. The Morgan fingerprint density at radius 3 is 2.76 bits per heavy atom. The SMILES string of the molecule is CN(c1ncccc1Cn1ccc2cnc(Nc3ccc4[nH]c(=O)[nH]c4c3)nc21)S(C)(=O)=O. The van der Waals surface area contributed by atoms with E-state index in [9.17, 15) is 13.2 Å². The molecular weight excluding hydrogens is 444 g/mol. The van der Waals surface area contributed by atoms with Crippen molar-refractivity contribution in [2.75, 3.05) is 22.9 Å². The zero-order valence-electron chi connectivity index (χ0n) is 17.8. The van der Waals surface area contributed by atoms with Crippen molar-refractivity contribution < 1.29 is 8.42 Å². The second kappa shape index (κ2) is 7.74. The van der Waals surface area contributed by atoms with Crippen LogP contribution < -0.4 is 15.3 Å². The Bertz CT molecular complexity index is 1650. The van der Waals surface area contributed by atoms with Crippen LogP contribution in [0.5, 0.6) is 0 Å². The number of fused-ring (bicyclic) bond motifs is 2. The van der Waals surface area contributed by atoms with Crippen LogP contribution in [0.2, 0.25) is 0 Å². The third-order valence-corrected chi connectivity index (χ3v) is 6.45. The summed E-state index contributed by atoms with van der Waals surface area (Å²) in [5.41, 5.74) is 3.25. The van der Waals surface area contributed by atoms with E-state index in [0.29, 0.717) is 35.0 Å². The lowest BCUT2D eigenvalue weighted by Gasteiger charge is -2.19. The van der Waals surface area contributed by atoms with Gasteiger partial charge in [-0.3, -0.25) is 4.31 Å². The Labute approximate surface area is 188 Å². The number of hydrogen-bond donors (Lipinski definition) is 3. The first-order chi connectivity index (χ1) is 15.8. The van der Waals surface area contributed by atoms with Crippen LogP contribution in [0.15, 0.2) is 59.8 Å². The summed E-state index contributed by atoms with van der Waals surface area (Å²) in [5.74, 6) is 0.752. The molecule has 1 aromatic carbocycles. The van der Waals surface area contributed by atoms with Gasteiger partial charge in [0, 0.05) is 42.3 Å². The Kier molecular flexibility index (Phi) is 4.86. The number of H-pyrrole nitrogens is 2. The summed E-state index contributed by atoms with van der Waals surface area (Å²) in [4.78, 5) is 30.2. The van der Waals surface area contributed by atoms with Crippen molar-refractivity contribution in [1.29, 1.82) is 0 Å². The van der Waals surface area contributed by atoms with Crippen molar-refractivity contribution in [2.24, 2.45) is 0 Å². The smallest absolute Gasteiger partial charge is 0.323 e. The van der Waals surface area contributed by atoms with Gasteiger partial charge in [-0.05, 0) is 30.3 Å². The molecule has 168 valence electrons. The summed E-state index contributed by atoms with van der Waals surface area (Å²) in [6.45, 7) is 0.375. The molecule has 0 amide bonds. The summed E-state index contributed by atoms with van der Waals surface area (Å²) in [7, 11) is -1.97. The molecule has 12 heteroatoms. The highest BCUT2D eigenvalue weighted by Crippen LogP contribution is 2.23. The van der Waals surface area contributed by atoms with E-state index in [1.54, 1.807) is 30.6 Å². The number of hydrogen-bond acceptors (Lipinski definition) is 7. The summed E-state index contributed by atoms with van der Waals surface area (Å²) in [6, 6.07) is 10.9. The van der Waals surface area contributed by atoms with Gasteiger partial charge >= 0.3 is 5.69 Å². The van der Waals surface area contributed by atoms with Gasteiger partial charge in [0.25, 0.3) is 0 Å². The van der Waals surface area contributed by atoms with Crippen LogP contribution in [-0.4, -0.2) is 51.2 Å². The van der Waals surface area contributed by atoms with E-state index in [4.69, 9.17) is 0 Å². The van der Waals surface area contributed by atoms with Gasteiger partial charge in [0.05, 0.1) is 23.8 Å². The third-order valence-electron chi connectivity index (χ3n) is 5.28. The Balaban J connectivity index is 1.47. The minimum absolute atomic E-state index is 0.270. The van der Waals surface area contributed by atoms with Crippen molar-refractivity contribution >= 4 is 49.5 Å². The van der Waals surface area contributed by atoms with Crippen LogP contribution in [0.4, 0.5) is 17.5 Å². The van der Waals surface area contributed by atoms with E-state index in [1.165, 1.54) is 7.05 Å². The van der Waals surface area contributed by atoms with E-state index >= 15 is 0 Å². The summed E-state index contributed by atoms with van der Waals surface area (Å²) >= 11 is 0. The van der Waals surface area contributed by atoms with Crippen molar-refractivity contribution in [3.63, 3.8) is 0 Å². The van der Waals surface area contributed by atoms with Crippen LogP contribution in [0.25, 0.3) is 22.1 Å². The number of pyridine rings is 1. The molecule has 3 N–H and O–H groups in total. The molecule has 0 aliphatic rings. The van der Waals surface area contributed by atoms with Gasteiger partial charge in [0.2, 0.25) is 16.0 Å². The van der Waals surface area contributed by atoms with Crippen molar-refractivity contribution in [1.82, 2.24) is 29.5 Å². The van der Waals surface area contributed by atoms with E-state index in [-0.39, 0.29) is 5.69 Å². The Morgan fingerprint density at radius 1 is 1.12 bits per heavy atom. The monoisotopic (exact) mass is 464 g/mol. The van der Waals surface area contributed by atoms with Crippen LogP contribution in [-0.2, 0) is 16.6 Å². The van der Waals surface area contributed by atoms with E-state index in [1.807, 2.05) is 29.0 Å². The van der Waals surface area contributed by atoms with Gasteiger partial charge in [0.1, 0.15) is 11.5 Å². The molecule has 0 unspecified atom stereocenters. The second-order valence-electron chi connectivity index (χ2n) is 7.60. The Hall–Kier alpha value is -4.19. The molecule has 0 saturated carbocycles. The average molecular weight is 465 g/mol. The normalized spacial score (nSPS) is 11.8. The lowest BCUT2D eigenvalue weighted by molar-refractivity contribution is 0.599. The molecule has 4 aromatic heterocycles. The van der Waals surface area contributed by atoms with E-state index < -0.39 is 10.0 Å². The maximum absolute atomic E-state index is 12.0. The molecule has 0 spiro atoms. The fourth-order valence-electron chi connectivity index (χ4n) is 3.58. The molecule has 11 nitrogen and oxygen atoms in total. The van der Waals surface area contributed by atoms with Gasteiger partial charge in [-0.15, -0.1) is 0 Å². The van der Waals surface area contributed by atoms with Gasteiger partial charge in [-0.25, -0.2) is 23.2 Å². The quantitative estimate of drug-likeness (QED) is 0.350. The van der Waals surface area contributed by atoms with Crippen LogP contribution >= 0.6 is 0 Å². The fourth-order valence-corrected chi connectivity index (χ4v) is 4.05. The number of benzene rings is 1. The maximum atomic E-state index is 12.0. The number of rotatable bonds is 6. The third kappa shape index (κ3) is 4.03. The van der Waals surface area contributed by atoms with Crippen molar-refractivity contribution in [3.8, 4) is 0 Å². The van der Waals surface area contributed by atoms with Gasteiger partial charge < -0.3 is 19.9 Å². The number of aromatic nitrogens is 6. The molecule has 0 bridgehead atoms. The molecule has 0 aliphatic carbocycles. The van der Waals surface area contributed by atoms with Crippen molar-refractivity contribution in [3.05, 3.63) is 71.0 Å². The molecule has 5 aromatic rings. The standard InChI is InChI=1S/C21H20N8O3S/c1-28(33(2,31)32)18-14(4-3-8-22-18)12-29-9-7-13-11-23-20(27-19(13)29)24-15-5-6-16-17(10-15)26-21(30)25-16/h3-11H,12H2,1-2H3,(H,23,24,27)(H2,25,26,30). The Morgan fingerprint density at radius 2 is 1.94 bits per heavy atom. The minimum Gasteiger partial charge on any atom is -0.328 e. The lowest BCUT2D eigenvalue weighted by atomic mass is 10.2. The fraction of sp³-hybridized carbons (Fsp3) is 0.143. The summed E-state index contributed by atoms with van der Waals surface area (Å²) in [5, 5.41) is 4.00. The lowest BCUT2D eigenvalue weighted by Crippen LogP contribution is -2.27. The molecule has 0 atom stereocenters. The van der Waals surface area contributed by atoms with Crippen molar-refractivity contribution in [2.45, 2.75) is 6.54 Å². The highest BCUT2D eigenvalue weighted by molar-refractivity contribution is 7.92. The highest BCUT2D eigenvalue weighted by atomic mass is 32.2. The number of imidazole rings is 1. The van der Waals surface area contributed by atoms with Gasteiger partial charge in [-0.2, -0.15) is 4.98 Å². The first kappa shape index (κ1) is 20.7. The molecular formula is C21H20N8O3S. The summed E-state index contributed by atoms with van der Waals surface area (Å²) < 4.78 is 27.1. The number of aromatic amines is 2. The second-order valence-corrected chi connectivity index (χ2v) is 9.61. The number of nitrogens with zero attached hydrogens (tertiary/aromatic N) is 5. The zero-order valence-corrected chi connectivity index (χ0v) is 18.6. The maximum Gasteiger partial charge on any atom is 0.323 e. The first-order valence-electron chi connectivity index (χ1n) is 9.97. The number of nitrogens with one attached hydrogen (secondary N) is 3. The minimum atomic E-state index is -3.45. The average Bonchev–Trinajstić information content (AvgIpc) is 3.35. The van der Waals surface area contributed by atoms with Crippen LogP contribution in [0.1, 0.15) is 5.56 Å². The zero-order chi connectivity index (χ0) is 23.2. The predicted molar refractivity (Wildman–Crippen MR) is 126 cm³/mol. The molecule has 0 radical (unpaired) electrons. The topological polar surface area (TPSA) is 142 Å². The number of sulfonamides is 1. The molecule has 0 fully saturated rings. The number of anilines is 3. The van der Waals surface area contributed by atoms with Gasteiger partial charge in [0.15, 0.2) is 0 Å². The largest absolute Gasteiger partial charge is 0.328 e. The summed E-state index contributed by atoms with van der Waals surface area (Å²) in [6.07, 6.45) is 6.29. The van der Waals surface area contributed by atoms with E-state index in [2.05, 4.69) is 30.2 Å². The molecule has 4 heterocycles. The predicted octanol–water partition coefficient (Wildman–Crippen LogP) is 2.18.